The molecule has 4 amide bonds. The molecule has 0 N–H and O–H groups in total. The van der Waals surface area contributed by atoms with Crippen molar-refractivity contribution in [3.63, 3.8) is 0 Å². The highest BCUT2D eigenvalue weighted by Crippen LogP contribution is 2.55. The number of anilines is 1. The van der Waals surface area contributed by atoms with Crippen molar-refractivity contribution in [2.45, 2.75) is 109 Å². The molecule has 0 radical (unpaired) electrons. The summed E-state index contributed by atoms with van der Waals surface area (Å²) in [6.45, 7) is 6.42. The molecule has 0 aliphatic carbocycles. The standard InChI is InChI=1S/C47H51I4N4O8/c1-6-7-16-31(45(61)63-55-40(58)22-23-41(55)59)47(3)37(53(5)35-28-30(49)26-33(51)44(35)47)18-13-10-8-9-12-17-36-46(2,43-32(50)25-29(48)27-34(43)52(36)4)24-15-11-14-19-42(60)62-54-38(56)20-21-39(54)57/h8-10,12-13,17-18,25-28,31H,6-7,11,14-16,19-24H2,1-5H3/q+1. The summed E-state index contributed by atoms with van der Waals surface area (Å²) >= 11 is 9.45. The monoisotopic (exact) mass is 1310 g/mol. The lowest BCUT2D eigenvalue weighted by molar-refractivity contribution is -0.401. The lowest BCUT2D eigenvalue weighted by Crippen LogP contribution is -2.43. The molecule has 16 heteroatoms. The SMILES string of the molecule is CCCCC(C(=O)ON1C(=O)CCC1=O)C1(C)/C(=C/C=C/C=C/C=C/C2=[N+](C)c3cc(I)cc(I)c3C2(C)CCCCCC(=O)ON2C(=O)CCC2=O)N(C)c2cc(I)cc(I)c21. The normalized spacial score (nSPS) is 22.3. The van der Waals surface area contributed by atoms with Crippen molar-refractivity contribution in [3.05, 3.63) is 97.9 Å². The van der Waals surface area contributed by atoms with Crippen LogP contribution in [0.3, 0.4) is 0 Å². The van der Waals surface area contributed by atoms with E-state index in [1.165, 1.54) is 14.8 Å². The van der Waals surface area contributed by atoms with Crippen molar-refractivity contribution in [1.29, 1.82) is 0 Å². The molecule has 0 saturated carbocycles. The maximum atomic E-state index is 14.1. The predicted octanol–water partition coefficient (Wildman–Crippen LogP) is 10.0. The van der Waals surface area contributed by atoms with E-state index in [0.717, 1.165) is 65.5 Å². The Labute approximate surface area is 423 Å². The highest BCUT2D eigenvalue weighted by atomic mass is 127. The molecule has 12 nitrogen and oxygen atoms in total. The summed E-state index contributed by atoms with van der Waals surface area (Å²) < 4.78 is 6.71. The number of carbonyl (C=O) groups is 6. The number of allylic oxidation sites excluding steroid dienone is 8. The van der Waals surface area contributed by atoms with Crippen molar-refractivity contribution in [3.8, 4) is 0 Å². The summed E-state index contributed by atoms with van der Waals surface area (Å²) in [5.41, 5.74) is 5.40. The molecule has 3 unspecified atom stereocenters. The molecule has 3 atom stereocenters. The molecular formula is C47H51I4N4O8+. The van der Waals surface area contributed by atoms with Gasteiger partial charge in [0, 0.05) is 87.9 Å². The van der Waals surface area contributed by atoms with E-state index in [4.69, 9.17) is 9.68 Å². The largest absolute Gasteiger partial charge is 0.347 e. The summed E-state index contributed by atoms with van der Waals surface area (Å²) in [7, 11) is 4.11. The second-order valence-corrected chi connectivity index (χ2v) is 21.4. The Morgan fingerprint density at radius 2 is 1.33 bits per heavy atom. The zero-order chi connectivity index (χ0) is 45.8. The molecule has 2 fully saturated rings. The first kappa shape index (κ1) is 49.4. The van der Waals surface area contributed by atoms with Crippen LogP contribution in [-0.4, -0.2) is 70.1 Å². The molecule has 2 saturated heterocycles. The van der Waals surface area contributed by atoms with E-state index in [2.05, 4.69) is 158 Å². The Bertz CT molecular complexity index is 2360. The third kappa shape index (κ3) is 10.4. The van der Waals surface area contributed by atoms with Gasteiger partial charge in [-0.1, -0.05) is 63.0 Å². The van der Waals surface area contributed by atoms with E-state index < -0.39 is 46.9 Å². The van der Waals surface area contributed by atoms with E-state index in [-0.39, 0.29) is 37.5 Å². The maximum Gasteiger partial charge on any atom is 0.337 e. The number of amides is 4. The first-order chi connectivity index (χ1) is 29.9. The van der Waals surface area contributed by atoms with Crippen LogP contribution in [0.4, 0.5) is 11.4 Å². The van der Waals surface area contributed by atoms with Gasteiger partial charge in [-0.15, -0.1) is 10.1 Å². The van der Waals surface area contributed by atoms with Gasteiger partial charge in [0.2, 0.25) is 5.69 Å². The number of likely N-dealkylation sites (N-methyl/N-ethyl adjacent to an activating group) is 1. The fourth-order valence-electron chi connectivity index (χ4n) is 9.21. The van der Waals surface area contributed by atoms with Crippen LogP contribution < -0.4 is 4.90 Å². The van der Waals surface area contributed by atoms with Crippen LogP contribution in [0.25, 0.3) is 0 Å². The number of rotatable bonds is 17. The Balaban J connectivity index is 1.20. The van der Waals surface area contributed by atoms with Crippen molar-refractivity contribution in [2.24, 2.45) is 5.92 Å². The van der Waals surface area contributed by atoms with Crippen LogP contribution in [0.15, 0.2) is 72.5 Å². The number of unbranched alkanes of at least 4 members (excludes halogenated alkanes) is 3. The second kappa shape index (κ2) is 21.1. The minimum Gasteiger partial charge on any atom is -0.347 e. The van der Waals surface area contributed by atoms with Crippen LogP contribution in [-0.2, 0) is 49.3 Å². The molecule has 0 aromatic heterocycles. The number of hydrogen-bond acceptors (Lipinski definition) is 9. The van der Waals surface area contributed by atoms with E-state index in [0.29, 0.717) is 23.0 Å². The van der Waals surface area contributed by atoms with Gasteiger partial charge in [-0.05, 0) is 148 Å². The number of hydroxylamine groups is 4. The van der Waals surface area contributed by atoms with Crippen molar-refractivity contribution in [1.82, 2.24) is 10.1 Å². The molecule has 4 aliphatic heterocycles. The molecular weight excluding hydrogens is 1260 g/mol. The third-order valence-corrected chi connectivity index (χ3v) is 15.4. The third-order valence-electron chi connectivity index (χ3n) is 12.4. The first-order valence-corrected chi connectivity index (χ1v) is 25.5. The highest BCUT2D eigenvalue weighted by molar-refractivity contribution is 14.1. The smallest absolute Gasteiger partial charge is 0.337 e. The minimum absolute atomic E-state index is 0.0312. The Kier molecular flexibility index (Phi) is 16.6. The number of nitrogens with zero attached hydrogens (tertiary/aromatic N) is 4. The summed E-state index contributed by atoms with van der Waals surface area (Å²) in [6, 6.07) is 8.64. The van der Waals surface area contributed by atoms with Gasteiger partial charge in [0.25, 0.3) is 23.6 Å². The highest BCUT2D eigenvalue weighted by Gasteiger charge is 2.53. The van der Waals surface area contributed by atoms with E-state index in [1.54, 1.807) is 0 Å². The molecule has 4 aliphatic rings. The van der Waals surface area contributed by atoms with Crippen molar-refractivity contribution in [2.75, 3.05) is 19.0 Å². The van der Waals surface area contributed by atoms with E-state index in [1.807, 2.05) is 43.5 Å². The van der Waals surface area contributed by atoms with Crippen molar-refractivity contribution < 1.29 is 43.0 Å². The van der Waals surface area contributed by atoms with Gasteiger partial charge in [-0.2, -0.15) is 4.58 Å². The fourth-order valence-corrected chi connectivity index (χ4v) is 14.0. The van der Waals surface area contributed by atoms with Crippen LogP contribution in [0, 0.1) is 20.2 Å². The Hall–Kier alpha value is -2.99. The molecule has 0 bridgehead atoms. The van der Waals surface area contributed by atoms with Gasteiger partial charge < -0.3 is 14.6 Å². The Morgan fingerprint density at radius 1 is 0.762 bits per heavy atom. The lowest BCUT2D eigenvalue weighted by Gasteiger charge is -2.36. The van der Waals surface area contributed by atoms with Gasteiger partial charge >= 0.3 is 11.9 Å². The number of benzene rings is 2. The van der Waals surface area contributed by atoms with Gasteiger partial charge in [-0.3, -0.25) is 19.2 Å². The topological polar surface area (TPSA) is 134 Å². The molecule has 2 aromatic rings. The molecule has 6 rings (SSSR count). The van der Waals surface area contributed by atoms with Crippen LogP contribution in [0.1, 0.15) is 109 Å². The maximum absolute atomic E-state index is 14.1. The quantitative estimate of drug-likeness (QED) is 0.0499. The molecule has 0 spiro atoms. The van der Waals surface area contributed by atoms with Crippen LogP contribution in [0.2, 0.25) is 0 Å². The van der Waals surface area contributed by atoms with Crippen LogP contribution >= 0.6 is 90.4 Å². The van der Waals surface area contributed by atoms with Gasteiger partial charge in [-0.25, -0.2) is 9.59 Å². The summed E-state index contributed by atoms with van der Waals surface area (Å²) in [6.07, 6.45) is 19.7. The summed E-state index contributed by atoms with van der Waals surface area (Å²) in [4.78, 5) is 88.1. The van der Waals surface area contributed by atoms with Gasteiger partial charge in [0.05, 0.1) is 16.9 Å². The molecule has 63 heavy (non-hydrogen) atoms. The average molecular weight is 1310 g/mol. The van der Waals surface area contributed by atoms with E-state index >= 15 is 0 Å². The zero-order valence-electron chi connectivity index (χ0n) is 36.0. The molecule has 4 heterocycles. The minimum atomic E-state index is -0.826. The predicted molar refractivity (Wildman–Crippen MR) is 274 cm³/mol. The Morgan fingerprint density at radius 3 is 1.97 bits per heavy atom. The lowest BCUT2D eigenvalue weighted by atomic mass is 9.69. The fraction of sp³-hybridized carbons (Fsp3) is 0.426. The van der Waals surface area contributed by atoms with E-state index in [9.17, 15) is 28.8 Å². The molecule has 334 valence electrons. The molecule has 2 aromatic carbocycles. The number of halogens is 4. The number of fused-ring (bicyclic) bond motifs is 2. The average Bonchev–Trinajstić information content (AvgIpc) is 3.85. The first-order valence-electron chi connectivity index (χ1n) is 21.1. The van der Waals surface area contributed by atoms with Crippen molar-refractivity contribution >= 4 is 143 Å². The van der Waals surface area contributed by atoms with Gasteiger partial charge in [0.1, 0.15) is 7.05 Å². The summed E-state index contributed by atoms with van der Waals surface area (Å²) in [5, 5.41) is 1.26. The number of imide groups is 2. The second-order valence-electron chi connectivity index (χ2n) is 16.6. The number of carbonyl (C=O) groups excluding carboxylic acids is 6. The van der Waals surface area contributed by atoms with Crippen LogP contribution in [0.5, 0.6) is 0 Å². The number of hydrogen-bond donors (Lipinski definition) is 0. The van der Waals surface area contributed by atoms with Gasteiger partial charge in [0.15, 0.2) is 5.71 Å². The zero-order valence-corrected chi connectivity index (χ0v) is 44.6. The summed E-state index contributed by atoms with van der Waals surface area (Å²) in [5.74, 6) is -3.78.